The second-order valence-corrected chi connectivity index (χ2v) is 7.28. The monoisotopic (exact) mass is 359 g/mol. The van der Waals surface area contributed by atoms with Gasteiger partial charge in [-0.15, -0.1) is 12.4 Å². The largest absolute Gasteiger partial charge is 0.455 e. The second kappa shape index (κ2) is 7.73. The van der Waals surface area contributed by atoms with Gasteiger partial charge in [-0.05, 0) is 67.6 Å². The molecule has 0 saturated carbocycles. The molecule has 1 spiro atoms. The van der Waals surface area contributed by atoms with Gasteiger partial charge in [0.2, 0.25) is 0 Å². The zero-order chi connectivity index (χ0) is 16.4. The molecule has 1 unspecified atom stereocenters. The van der Waals surface area contributed by atoms with Crippen LogP contribution in [0.2, 0.25) is 0 Å². The standard InChI is InChI=1S/C20H25N3O.ClH/c1-16-11-17(4-5-19(16)24-18-3-2-8-21-12-18)13-23-10-7-20(15-23)6-9-22-14-20;/h2-5,8,11-12,22H,6-7,9-10,13-15H2,1H3;1H. The van der Waals surface area contributed by atoms with Crippen LogP contribution in [0.1, 0.15) is 24.0 Å². The molecule has 134 valence electrons. The quantitative estimate of drug-likeness (QED) is 0.901. The number of nitrogens with zero attached hydrogens (tertiary/aromatic N) is 2. The maximum atomic E-state index is 5.93. The van der Waals surface area contributed by atoms with E-state index in [0.717, 1.165) is 18.0 Å². The highest BCUT2D eigenvalue weighted by molar-refractivity contribution is 5.85. The Morgan fingerprint density at radius 2 is 2.20 bits per heavy atom. The first-order valence-electron chi connectivity index (χ1n) is 8.83. The lowest BCUT2D eigenvalue weighted by Gasteiger charge is -2.23. The lowest BCUT2D eigenvalue weighted by molar-refractivity contribution is 0.268. The number of aromatic nitrogens is 1. The second-order valence-electron chi connectivity index (χ2n) is 7.28. The smallest absolute Gasteiger partial charge is 0.145 e. The van der Waals surface area contributed by atoms with Gasteiger partial charge in [0.15, 0.2) is 0 Å². The summed E-state index contributed by atoms with van der Waals surface area (Å²) in [7, 11) is 0. The number of hydrogen-bond acceptors (Lipinski definition) is 4. The van der Waals surface area contributed by atoms with Crippen LogP contribution in [0.15, 0.2) is 42.7 Å². The molecule has 4 rings (SSSR count). The molecule has 3 heterocycles. The van der Waals surface area contributed by atoms with Crippen LogP contribution in [0.3, 0.4) is 0 Å². The molecule has 1 aromatic carbocycles. The van der Waals surface area contributed by atoms with Crippen LogP contribution in [0, 0.1) is 12.3 Å². The average Bonchev–Trinajstić information content (AvgIpc) is 3.21. The van der Waals surface area contributed by atoms with Gasteiger partial charge in [-0.2, -0.15) is 0 Å². The van der Waals surface area contributed by atoms with Crippen molar-refractivity contribution in [3.05, 3.63) is 53.9 Å². The van der Waals surface area contributed by atoms with E-state index >= 15 is 0 Å². The van der Waals surface area contributed by atoms with Crippen LogP contribution in [-0.2, 0) is 6.54 Å². The normalized spacial score (nSPS) is 22.9. The van der Waals surface area contributed by atoms with E-state index in [4.69, 9.17) is 4.74 Å². The zero-order valence-electron chi connectivity index (χ0n) is 14.7. The minimum Gasteiger partial charge on any atom is -0.455 e. The molecule has 5 heteroatoms. The third kappa shape index (κ3) is 4.14. The topological polar surface area (TPSA) is 37.4 Å². The summed E-state index contributed by atoms with van der Waals surface area (Å²) in [5.74, 6) is 1.69. The van der Waals surface area contributed by atoms with Gasteiger partial charge >= 0.3 is 0 Å². The number of hydrogen-bond donors (Lipinski definition) is 1. The van der Waals surface area contributed by atoms with Crippen LogP contribution in [0.25, 0.3) is 0 Å². The number of ether oxygens (including phenoxy) is 1. The van der Waals surface area contributed by atoms with E-state index in [1.54, 1.807) is 12.4 Å². The summed E-state index contributed by atoms with van der Waals surface area (Å²) in [6.07, 6.45) is 6.17. The molecular weight excluding hydrogens is 334 g/mol. The fourth-order valence-corrected chi connectivity index (χ4v) is 4.02. The summed E-state index contributed by atoms with van der Waals surface area (Å²) < 4.78 is 5.93. The summed E-state index contributed by atoms with van der Waals surface area (Å²) in [6.45, 7) is 7.98. The number of aryl methyl sites for hydroxylation is 1. The summed E-state index contributed by atoms with van der Waals surface area (Å²) in [5, 5.41) is 3.53. The Morgan fingerprint density at radius 3 is 2.92 bits per heavy atom. The summed E-state index contributed by atoms with van der Waals surface area (Å²) in [6, 6.07) is 10.3. The minimum absolute atomic E-state index is 0. The first-order chi connectivity index (χ1) is 11.7. The van der Waals surface area contributed by atoms with Gasteiger partial charge in [-0.1, -0.05) is 12.1 Å². The Morgan fingerprint density at radius 1 is 1.28 bits per heavy atom. The Balaban J connectivity index is 0.00000182. The van der Waals surface area contributed by atoms with Crippen molar-refractivity contribution in [1.82, 2.24) is 15.2 Å². The lowest BCUT2D eigenvalue weighted by Crippen LogP contribution is -2.28. The first-order valence-corrected chi connectivity index (χ1v) is 8.83. The molecule has 0 amide bonds. The SMILES string of the molecule is Cc1cc(CN2CCC3(CCNC3)C2)ccc1Oc1cccnc1.Cl. The van der Waals surface area contributed by atoms with Gasteiger partial charge in [0.05, 0.1) is 6.20 Å². The highest BCUT2D eigenvalue weighted by atomic mass is 35.5. The lowest BCUT2D eigenvalue weighted by atomic mass is 9.86. The van der Waals surface area contributed by atoms with Gasteiger partial charge in [-0.3, -0.25) is 9.88 Å². The fourth-order valence-electron chi connectivity index (χ4n) is 4.02. The van der Waals surface area contributed by atoms with Crippen molar-refractivity contribution in [2.45, 2.75) is 26.3 Å². The zero-order valence-corrected chi connectivity index (χ0v) is 15.5. The van der Waals surface area contributed by atoms with Crippen molar-refractivity contribution >= 4 is 12.4 Å². The fraction of sp³-hybridized carbons (Fsp3) is 0.450. The molecular formula is C20H26ClN3O. The molecule has 1 atom stereocenters. The number of likely N-dealkylation sites (tertiary alicyclic amines) is 1. The number of benzene rings is 1. The van der Waals surface area contributed by atoms with Gasteiger partial charge in [-0.25, -0.2) is 0 Å². The number of rotatable bonds is 4. The molecule has 4 nitrogen and oxygen atoms in total. The van der Waals surface area contributed by atoms with E-state index in [2.05, 4.69) is 40.3 Å². The Labute approximate surface area is 156 Å². The summed E-state index contributed by atoms with van der Waals surface area (Å²) in [5.41, 5.74) is 3.08. The van der Waals surface area contributed by atoms with Crippen molar-refractivity contribution in [3.8, 4) is 11.5 Å². The maximum Gasteiger partial charge on any atom is 0.145 e. The van der Waals surface area contributed by atoms with Crippen LogP contribution < -0.4 is 10.1 Å². The number of pyridine rings is 1. The molecule has 1 aromatic heterocycles. The van der Waals surface area contributed by atoms with Gasteiger partial charge in [0.25, 0.3) is 0 Å². The molecule has 2 saturated heterocycles. The molecule has 1 N–H and O–H groups in total. The maximum absolute atomic E-state index is 5.93. The third-order valence-electron chi connectivity index (χ3n) is 5.36. The minimum atomic E-state index is 0. The van der Waals surface area contributed by atoms with E-state index in [1.165, 1.54) is 50.1 Å². The van der Waals surface area contributed by atoms with Crippen molar-refractivity contribution in [2.75, 3.05) is 26.2 Å². The predicted octanol–water partition coefficient (Wildman–Crippen LogP) is 3.79. The Bertz CT molecular complexity index is 701. The molecule has 25 heavy (non-hydrogen) atoms. The van der Waals surface area contributed by atoms with Gasteiger partial charge in [0.1, 0.15) is 11.5 Å². The summed E-state index contributed by atoms with van der Waals surface area (Å²) in [4.78, 5) is 6.70. The molecule has 0 aliphatic carbocycles. The van der Waals surface area contributed by atoms with Crippen LogP contribution in [0.5, 0.6) is 11.5 Å². The third-order valence-corrected chi connectivity index (χ3v) is 5.36. The van der Waals surface area contributed by atoms with E-state index < -0.39 is 0 Å². The predicted molar refractivity (Wildman–Crippen MR) is 103 cm³/mol. The molecule has 0 radical (unpaired) electrons. The van der Waals surface area contributed by atoms with E-state index in [1.807, 2.05) is 12.1 Å². The number of nitrogens with one attached hydrogen (secondary N) is 1. The van der Waals surface area contributed by atoms with Crippen molar-refractivity contribution in [2.24, 2.45) is 5.41 Å². The Kier molecular flexibility index (Phi) is 5.62. The Hall–Kier alpha value is -1.62. The van der Waals surface area contributed by atoms with E-state index in [-0.39, 0.29) is 12.4 Å². The molecule has 0 bridgehead atoms. The van der Waals surface area contributed by atoms with Gasteiger partial charge in [0, 0.05) is 25.8 Å². The number of halogens is 1. The molecule has 2 aliphatic rings. The van der Waals surface area contributed by atoms with Crippen LogP contribution in [-0.4, -0.2) is 36.1 Å². The van der Waals surface area contributed by atoms with Crippen LogP contribution >= 0.6 is 12.4 Å². The van der Waals surface area contributed by atoms with Crippen molar-refractivity contribution in [1.29, 1.82) is 0 Å². The van der Waals surface area contributed by atoms with E-state index in [9.17, 15) is 0 Å². The molecule has 2 aliphatic heterocycles. The molecule has 2 aromatic rings. The first kappa shape index (κ1) is 18.2. The average molecular weight is 360 g/mol. The van der Waals surface area contributed by atoms with Crippen LogP contribution in [0.4, 0.5) is 0 Å². The van der Waals surface area contributed by atoms with E-state index in [0.29, 0.717) is 5.41 Å². The highest BCUT2D eigenvalue weighted by Gasteiger charge is 2.39. The van der Waals surface area contributed by atoms with Crippen molar-refractivity contribution in [3.63, 3.8) is 0 Å². The van der Waals surface area contributed by atoms with Gasteiger partial charge < -0.3 is 10.1 Å². The summed E-state index contributed by atoms with van der Waals surface area (Å²) >= 11 is 0. The highest BCUT2D eigenvalue weighted by Crippen LogP contribution is 2.36. The molecule has 2 fully saturated rings. The van der Waals surface area contributed by atoms with Crippen molar-refractivity contribution < 1.29 is 4.74 Å².